The largest absolute Gasteiger partial charge is 0.503 e. The van der Waals surface area contributed by atoms with Crippen molar-refractivity contribution in [3.8, 4) is 5.75 Å². The fourth-order valence-electron chi connectivity index (χ4n) is 5.69. The summed E-state index contributed by atoms with van der Waals surface area (Å²) in [6.45, 7) is 3.45. The van der Waals surface area contributed by atoms with Gasteiger partial charge in [0, 0.05) is 41.9 Å². The highest BCUT2D eigenvalue weighted by Crippen LogP contribution is 2.41. The molecule has 0 spiro atoms. The number of likely N-dealkylation sites (tertiary alicyclic amines) is 1. The average Bonchev–Trinajstić information content (AvgIpc) is 3.70. The molecule has 0 aliphatic carbocycles. The molecular formula is C29H35N8O10S2+. The zero-order chi connectivity index (χ0) is 36.0. The molecule has 0 radical (unpaired) electrons. The van der Waals surface area contributed by atoms with E-state index in [0.29, 0.717) is 29.6 Å². The molecule has 20 heteroatoms. The van der Waals surface area contributed by atoms with Gasteiger partial charge in [0.25, 0.3) is 17.7 Å². The van der Waals surface area contributed by atoms with Crippen molar-refractivity contribution in [2.75, 3.05) is 45.2 Å². The number of quaternary nitrogens is 1. The number of likely N-dealkylation sites (N-methyl/N-ethyl adjacent to an activating group) is 1. The number of carboxylic acids is 2. The van der Waals surface area contributed by atoms with Crippen LogP contribution in [0.15, 0.2) is 38.9 Å². The molecule has 5 heterocycles. The lowest BCUT2D eigenvalue weighted by atomic mass is 10.0. The van der Waals surface area contributed by atoms with Gasteiger partial charge >= 0.3 is 11.9 Å². The van der Waals surface area contributed by atoms with Crippen molar-refractivity contribution >= 4 is 63.6 Å². The number of aromatic hydroxyl groups is 1. The van der Waals surface area contributed by atoms with Gasteiger partial charge in [-0.1, -0.05) is 5.16 Å². The predicted molar refractivity (Wildman–Crippen MR) is 176 cm³/mol. The number of carbonyl (C=O) groups is 5. The predicted octanol–water partition coefficient (Wildman–Crippen LogP) is -0.567. The number of amides is 3. The van der Waals surface area contributed by atoms with E-state index in [1.165, 1.54) is 31.0 Å². The molecule has 3 aliphatic heterocycles. The molecule has 5 rings (SSSR count). The summed E-state index contributed by atoms with van der Waals surface area (Å²) >= 11 is 2.28. The molecule has 18 nitrogen and oxygen atoms in total. The minimum atomic E-state index is -1.79. The summed E-state index contributed by atoms with van der Waals surface area (Å²) in [5.41, 5.74) is 3.21. The van der Waals surface area contributed by atoms with Crippen molar-refractivity contribution in [3.05, 3.63) is 50.5 Å². The van der Waals surface area contributed by atoms with E-state index in [4.69, 9.17) is 10.6 Å². The number of carbonyl (C=O) groups excluding carboxylic acids is 3. The number of hydrogen-bond acceptors (Lipinski definition) is 13. The molecule has 0 saturated carbocycles. The lowest BCUT2D eigenvalue weighted by Gasteiger charge is -2.50. The van der Waals surface area contributed by atoms with Gasteiger partial charge in [0.1, 0.15) is 41.1 Å². The minimum absolute atomic E-state index is 0.00180. The van der Waals surface area contributed by atoms with Gasteiger partial charge in [-0.3, -0.25) is 24.1 Å². The Hall–Kier alpha value is -4.95. The molecule has 2 saturated heterocycles. The highest BCUT2D eigenvalue weighted by Gasteiger charge is 2.55. The van der Waals surface area contributed by atoms with Crippen LogP contribution in [0.2, 0.25) is 0 Å². The molecule has 2 aromatic rings. The van der Waals surface area contributed by atoms with Crippen LogP contribution in [0.1, 0.15) is 36.5 Å². The van der Waals surface area contributed by atoms with Crippen LogP contribution in [0.25, 0.3) is 0 Å². The summed E-state index contributed by atoms with van der Waals surface area (Å²) < 4.78 is 0.304. The van der Waals surface area contributed by atoms with Crippen molar-refractivity contribution in [1.82, 2.24) is 25.1 Å². The minimum Gasteiger partial charge on any atom is -0.503 e. The number of nitrogens with two attached hydrogens (primary N) is 1. The SMILES string of the molecule is CC(C)(O/N=C(\C(=O)N[C@@H]1C(=O)N2C(C(=O)O)=C(C[N+](C)(C)[C@@H]3CCN(C(=O)c4cc(=O)c(O)c[nH]4)C3)CS[C@H]12)c1csc(N)n1)C(=O)O. The van der Waals surface area contributed by atoms with E-state index in [0.717, 1.165) is 28.5 Å². The van der Waals surface area contributed by atoms with Gasteiger partial charge in [-0.15, -0.1) is 23.1 Å². The number of thiazole rings is 1. The number of nitrogen functional groups attached to an aromatic ring is 1. The Labute approximate surface area is 286 Å². The Morgan fingerprint density at radius 2 is 1.96 bits per heavy atom. The zero-order valence-corrected chi connectivity index (χ0v) is 28.5. The van der Waals surface area contributed by atoms with Crippen molar-refractivity contribution < 1.29 is 48.6 Å². The Morgan fingerprint density at radius 3 is 2.57 bits per heavy atom. The highest BCUT2D eigenvalue weighted by atomic mass is 32.2. The number of nitrogens with one attached hydrogen (secondary N) is 2. The molecule has 0 unspecified atom stereocenters. The van der Waals surface area contributed by atoms with E-state index >= 15 is 0 Å². The number of carboxylic acid groups (broad SMARTS) is 2. The van der Waals surface area contributed by atoms with Gasteiger partial charge in [0.15, 0.2) is 16.6 Å². The smallest absolute Gasteiger partial charge is 0.352 e. The van der Waals surface area contributed by atoms with E-state index in [9.17, 15) is 44.1 Å². The lowest BCUT2D eigenvalue weighted by molar-refractivity contribution is -0.908. The van der Waals surface area contributed by atoms with Gasteiger partial charge < -0.3 is 45.6 Å². The van der Waals surface area contributed by atoms with Crippen LogP contribution in [-0.4, -0.2) is 137 Å². The summed E-state index contributed by atoms with van der Waals surface area (Å²) in [7, 11) is 3.82. The monoisotopic (exact) mass is 719 g/mol. The quantitative estimate of drug-likeness (QED) is 0.0737. The number of β-lactam (4-membered cyclic amide) rings is 1. The number of aromatic amines is 1. The maximum atomic E-state index is 13.4. The standard InChI is InChI=1S/C29H34N8O10S2/c1-29(2,27(45)46)47-34-19(16-12-49-28(30)32-16)22(40)33-20-24(42)36-21(26(43)44)13(11-48-25(20)36)10-37(3,4)14-5-6-35(9-14)23(41)15-7-17(38)18(39)8-31-15/h7-8,12,14,20,25H,5-6,9-11H2,1-4H3,(H6-,30,31,32,33,34,38,39,40,41,43,44,45,46)/p+1/t14-,20-,25-/m1/s1. The summed E-state index contributed by atoms with van der Waals surface area (Å²) in [5, 5.41) is 36.2. The first-order valence-electron chi connectivity index (χ1n) is 14.9. The number of oxime groups is 1. The number of fused-ring (bicyclic) bond motifs is 1. The number of hydrogen-bond donors (Lipinski definition) is 6. The fraction of sp³-hybridized carbons (Fsp3) is 0.448. The Bertz CT molecular complexity index is 1850. The molecule has 2 fully saturated rings. The van der Waals surface area contributed by atoms with Crippen LogP contribution in [0, 0.1) is 0 Å². The molecule has 3 amide bonds. The van der Waals surface area contributed by atoms with Gasteiger partial charge in [-0.2, -0.15) is 0 Å². The molecule has 262 valence electrons. The summed E-state index contributed by atoms with van der Waals surface area (Å²) in [6.07, 6.45) is 1.66. The second-order valence-corrected chi connectivity index (χ2v) is 14.8. The van der Waals surface area contributed by atoms with E-state index in [-0.39, 0.29) is 40.6 Å². The molecule has 7 N–H and O–H groups in total. The number of nitrogens with zero attached hydrogens (tertiary/aromatic N) is 5. The van der Waals surface area contributed by atoms with Crippen LogP contribution in [0.3, 0.4) is 0 Å². The van der Waals surface area contributed by atoms with Crippen molar-refractivity contribution in [1.29, 1.82) is 0 Å². The van der Waals surface area contributed by atoms with Crippen LogP contribution < -0.4 is 16.5 Å². The first kappa shape index (κ1) is 35.4. The fourth-order valence-corrected chi connectivity index (χ4v) is 7.57. The molecule has 0 aromatic carbocycles. The Kier molecular flexibility index (Phi) is 9.50. The van der Waals surface area contributed by atoms with E-state index < -0.39 is 63.6 Å². The first-order valence-corrected chi connectivity index (χ1v) is 16.8. The maximum Gasteiger partial charge on any atom is 0.352 e. The van der Waals surface area contributed by atoms with Gasteiger partial charge in [-0.25, -0.2) is 14.6 Å². The number of rotatable bonds is 11. The second kappa shape index (κ2) is 13.2. The van der Waals surface area contributed by atoms with E-state index in [2.05, 4.69) is 20.4 Å². The van der Waals surface area contributed by atoms with Crippen molar-refractivity contribution in [2.24, 2.45) is 5.16 Å². The molecule has 3 atom stereocenters. The van der Waals surface area contributed by atoms with Crippen LogP contribution in [-0.2, 0) is 24.0 Å². The molecule has 2 aromatic heterocycles. The topological polar surface area (TPSA) is 258 Å². The van der Waals surface area contributed by atoms with Crippen LogP contribution in [0.4, 0.5) is 5.13 Å². The van der Waals surface area contributed by atoms with E-state index in [1.54, 1.807) is 4.90 Å². The lowest BCUT2D eigenvalue weighted by Crippen LogP contribution is -2.71. The molecule has 3 aliphatic rings. The average molecular weight is 720 g/mol. The summed E-state index contributed by atoms with van der Waals surface area (Å²) in [6, 6.07) is -0.172. The Balaban J connectivity index is 1.30. The number of anilines is 1. The summed E-state index contributed by atoms with van der Waals surface area (Å²) in [4.78, 5) is 90.2. The van der Waals surface area contributed by atoms with Gasteiger partial charge in [0.05, 0.1) is 20.6 Å². The number of pyridine rings is 1. The third kappa shape index (κ3) is 6.97. The number of H-pyrrole nitrogens is 1. The number of thioether (sulfide) groups is 1. The summed E-state index contributed by atoms with van der Waals surface area (Å²) in [5.74, 6) is -4.85. The van der Waals surface area contributed by atoms with Crippen molar-refractivity contribution in [3.63, 3.8) is 0 Å². The second-order valence-electron chi connectivity index (χ2n) is 12.8. The first-order chi connectivity index (χ1) is 22.9. The third-order valence-electron chi connectivity index (χ3n) is 8.56. The van der Waals surface area contributed by atoms with Crippen molar-refractivity contribution in [2.45, 2.75) is 43.3 Å². The van der Waals surface area contributed by atoms with E-state index in [1.807, 2.05) is 14.1 Å². The maximum absolute atomic E-state index is 13.4. The Morgan fingerprint density at radius 1 is 1.24 bits per heavy atom. The highest BCUT2D eigenvalue weighted by molar-refractivity contribution is 8.00. The zero-order valence-electron chi connectivity index (χ0n) is 26.8. The molecule has 0 bridgehead atoms. The van der Waals surface area contributed by atoms with Crippen LogP contribution >= 0.6 is 23.1 Å². The number of aliphatic carboxylic acids is 2. The normalized spacial score (nSPS) is 21.3. The molecular weight excluding hydrogens is 684 g/mol. The van der Waals surface area contributed by atoms with Gasteiger partial charge in [-0.05, 0) is 13.8 Å². The molecule has 49 heavy (non-hydrogen) atoms. The third-order valence-corrected chi connectivity index (χ3v) is 10.6. The van der Waals surface area contributed by atoms with Gasteiger partial charge in [0.2, 0.25) is 11.0 Å². The van der Waals surface area contributed by atoms with Crippen LogP contribution in [0.5, 0.6) is 5.75 Å². The number of aromatic nitrogens is 2.